The first-order valence-electron chi connectivity index (χ1n) is 9.79. The molecular formula is C20H16Cl5NO9. The van der Waals surface area contributed by atoms with Crippen LogP contribution in [0.15, 0.2) is 0 Å². The Labute approximate surface area is 223 Å². The van der Waals surface area contributed by atoms with Gasteiger partial charge in [-0.1, -0.05) is 58.0 Å². The highest BCUT2D eigenvalue weighted by atomic mass is 35.5. The number of fused-ring (bicyclic) bond motifs is 1. The molecule has 2 heterocycles. The van der Waals surface area contributed by atoms with Crippen LogP contribution in [-0.4, -0.2) is 71.1 Å². The van der Waals surface area contributed by atoms with Gasteiger partial charge in [0.1, 0.15) is 18.8 Å². The molecule has 5 atom stereocenters. The molecule has 0 aliphatic carbocycles. The fourth-order valence-electron chi connectivity index (χ4n) is 3.78. The highest BCUT2D eigenvalue weighted by Gasteiger charge is 2.57. The van der Waals surface area contributed by atoms with E-state index in [4.69, 9.17) is 77.0 Å². The van der Waals surface area contributed by atoms with Crippen LogP contribution < -0.4 is 0 Å². The normalized spacial score (nSPS) is 25.8. The molecule has 0 N–H and O–H groups in total. The zero-order valence-corrected chi connectivity index (χ0v) is 21.9. The van der Waals surface area contributed by atoms with Crippen LogP contribution in [0.4, 0.5) is 0 Å². The van der Waals surface area contributed by atoms with Crippen molar-refractivity contribution in [3.05, 3.63) is 31.2 Å². The molecule has 0 radical (unpaired) electrons. The molecule has 0 saturated carbocycles. The zero-order valence-electron chi connectivity index (χ0n) is 18.1. The van der Waals surface area contributed by atoms with Crippen molar-refractivity contribution in [2.45, 2.75) is 50.7 Å². The van der Waals surface area contributed by atoms with Crippen LogP contribution in [-0.2, 0) is 33.3 Å². The van der Waals surface area contributed by atoms with E-state index in [1.54, 1.807) is 0 Å². The lowest BCUT2D eigenvalue weighted by Crippen LogP contribution is -2.65. The van der Waals surface area contributed by atoms with Crippen molar-refractivity contribution in [1.82, 2.24) is 4.90 Å². The van der Waals surface area contributed by atoms with Crippen molar-refractivity contribution >= 4 is 87.7 Å². The number of hydrogen-bond donors (Lipinski definition) is 0. The number of benzene rings is 1. The molecule has 1 fully saturated rings. The predicted octanol–water partition coefficient (Wildman–Crippen LogP) is 3.66. The van der Waals surface area contributed by atoms with Gasteiger partial charge in [-0.05, 0) is 0 Å². The lowest BCUT2D eigenvalue weighted by molar-refractivity contribution is -0.218. The molecule has 0 unspecified atom stereocenters. The number of ether oxygens (including phenoxy) is 4. The Hall–Kier alpha value is -1.82. The van der Waals surface area contributed by atoms with Gasteiger partial charge in [0.25, 0.3) is 11.8 Å². The summed E-state index contributed by atoms with van der Waals surface area (Å²) in [5, 5.41) is -1.16. The molecule has 10 nitrogen and oxygen atoms in total. The summed E-state index contributed by atoms with van der Waals surface area (Å²) in [5.74, 6) is -4.31. The van der Waals surface area contributed by atoms with Crippen molar-refractivity contribution < 1.29 is 42.9 Å². The Balaban J connectivity index is 2.12. The molecule has 1 aromatic rings. The van der Waals surface area contributed by atoms with Gasteiger partial charge in [-0.25, -0.2) is 0 Å². The molecular weight excluding hydrogens is 575 g/mol. The van der Waals surface area contributed by atoms with Crippen LogP contribution >= 0.6 is 58.0 Å². The van der Waals surface area contributed by atoms with Gasteiger partial charge in [-0.3, -0.25) is 28.9 Å². The van der Waals surface area contributed by atoms with Crippen LogP contribution in [0, 0.1) is 0 Å². The number of alkyl halides is 1. The Kier molecular flexibility index (Phi) is 8.45. The topological polar surface area (TPSA) is 126 Å². The quantitative estimate of drug-likeness (QED) is 0.126. The van der Waals surface area contributed by atoms with E-state index in [1.165, 1.54) is 0 Å². The maximum atomic E-state index is 13.4. The smallest absolute Gasteiger partial charge is 0.303 e. The summed E-state index contributed by atoms with van der Waals surface area (Å²) >= 11 is 30.9. The first-order valence-corrected chi connectivity index (χ1v) is 11.7. The maximum absolute atomic E-state index is 13.4. The molecule has 2 aliphatic heterocycles. The van der Waals surface area contributed by atoms with Crippen LogP contribution in [0.3, 0.4) is 0 Å². The third kappa shape index (κ3) is 5.19. The monoisotopic (exact) mass is 589 g/mol. The summed E-state index contributed by atoms with van der Waals surface area (Å²) in [5.41, 5.74) is -2.20. The van der Waals surface area contributed by atoms with Crippen LogP contribution in [0.2, 0.25) is 20.1 Å². The number of rotatable bonds is 5. The van der Waals surface area contributed by atoms with Crippen molar-refractivity contribution in [3.8, 4) is 0 Å². The summed E-state index contributed by atoms with van der Waals surface area (Å²) in [4.78, 5) is 62.5. The van der Waals surface area contributed by atoms with Crippen molar-refractivity contribution in [1.29, 1.82) is 0 Å². The molecule has 3 rings (SSSR count). The number of imide groups is 1. The minimum atomic E-state index is -1.53. The highest BCUT2D eigenvalue weighted by Crippen LogP contribution is 2.46. The minimum absolute atomic E-state index is 0.252. The first kappa shape index (κ1) is 27.8. The molecule has 190 valence electrons. The molecule has 2 amide bonds. The summed E-state index contributed by atoms with van der Waals surface area (Å²) in [6, 6.07) is -1.53. The van der Waals surface area contributed by atoms with Crippen molar-refractivity contribution in [3.63, 3.8) is 0 Å². The number of halogens is 5. The van der Waals surface area contributed by atoms with Crippen molar-refractivity contribution in [2.75, 3.05) is 6.61 Å². The molecule has 35 heavy (non-hydrogen) atoms. The fraction of sp³-hybridized carbons (Fsp3) is 0.450. The predicted molar refractivity (Wildman–Crippen MR) is 123 cm³/mol. The van der Waals surface area contributed by atoms with E-state index in [9.17, 15) is 24.0 Å². The molecule has 0 spiro atoms. The third-order valence-corrected chi connectivity index (χ3v) is 7.25. The van der Waals surface area contributed by atoms with Gasteiger partial charge in [0.2, 0.25) is 0 Å². The second-order valence-electron chi connectivity index (χ2n) is 7.45. The van der Waals surface area contributed by atoms with Gasteiger partial charge in [0.15, 0.2) is 17.8 Å². The van der Waals surface area contributed by atoms with Gasteiger partial charge in [-0.2, -0.15) is 0 Å². The highest BCUT2D eigenvalue weighted by molar-refractivity contribution is 6.55. The van der Waals surface area contributed by atoms with E-state index < -0.39 is 66.2 Å². The Bertz CT molecular complexity index is 1080. The Morgan fingerprint density at radius 2 is 1.26 bits per heavy atom. The lowest BCUT2D eigenvalue weighted by Gasteiger charge is -2.45. The van der Waals surface area contributed by atoms with E-state index in [-0.39, 0.29) is 31.2 Å². The molecule has 0 aromatic heterocycles. The van der Waals surface area contributed by atoms with Gasteiger partial charge in [0.05, 0.1) is 31.2 Å². The lowest BCUT2D eigenvalue weighted by atomic mass is 9.96. The van der Waals surface area contributed by atoms with E-state index in [0.29, 0.717) is 4.90 Å². The fourth-order valence-corrected chi connectivity index (χ4v) is 5.18. The van der Waals surface area contributed by atoms with Crippen LogP contribution in [0.1, 0.15) is 41.5 Å². The first-order chi connectivity index (χ1) is 16.3. The zero-order chi connectivity index (χ0) is 26.4. The van der Waals surface area contributed by atoms with Crippen LogP contribution in [0.25, 0.3) is 0 Å². The van der Waals surface area contributed by atoms with E-state index in [1.807, 2.05) is 0 Å². The molecule has 0 bridgehead atoms. The Morgan fingerprint density at radius 1 is 0.800 bits per heavy atom. The summed E-state index contributed by atoms with van der Waals surface area (Å²) in [7, 11) is 0. The van der Waals surface area contributed by atoms with Crippen LogP contribution in [0.5, 0.6) is 0 Å². The number of amides is 2. The number of hydrogen-bond acceptors (Lipinski definition) is 9. The summed E-state index contributed by atoms with van der Waals surface area (Å²) < 4.78 is 21.2. The number of carbonyl (C=O) groups is 5. The van der Waals surface area contributed by atoms with Gasteiger partial charge < -0.3 is 18.9 Å². The molecule has 2 aliphatic rings. The van der Waals surface area contributed by atoms with Gasteiger partial charge in [-0.15, -0.1) is 0 Å². The summed E-state index contributed by atoms with van der Waals surface area (Å²) in [6.45, 7) is 2.82. The van der Waals surface area contributed by atoms with E-state index in [0.717, 1.165) is 20.8 Å². The van der Waals surface area contributed by atoms with E-state index >= 15 is 0 Å². The third-order valence-electron chi connectivity index (χ3n) is 5.09. The van der Waals surface area contributed by atoms with Crippen molar-refractivity contribution in [2.24, 2.45) is 0 Å². The molecule has 1 aromatic carbocycles. The Morgan fingerprint density at radius 3 is 1.69 bits per heavy atom. The SMILES string of the molecule is CC(=O)OC[C@H]1O[C@@H](Cl)[C@H](N2C(=O)c3c(Cl)c(Cl)c(Cl)c(Cl)c3C2=O)[C@@H](OC(C)=O)[C@@H]1OC(C)=O. The number of esters is 3. The standard InChI is InChI=1S/C20H16Cl5NO9/c1-5(27)32-4-8-16(33-6(2)28)17(34-7(3)29)15(18(25)35-8)26-19(30)9-10(20(26)31)12(22)14(24)13(23)11(9)21/h8,15-18H,4H2,1-3H3/t8-,15-,16-,17-,18-/m1/s1. The van der Waals surface area contributed by atoms with Gasteiger partial charge in [0, 0.05) is 20.8 Å². The van der Waals surface area contributed by atoms with E-state index in [2.05, 4.69) is 0 Å². The van der Waals surface area contributed by atoms with Gasteiger partial charge >= 0.3 is 17.9 Å². The largest absolute Gasteiger partial charge is 0.463 e. The summed E-state index contributed by atoms with van der Waals surface area (Å²) in [6.07, 6.45) is -4.17. The minimum Gasteiger partial charge on any atom is -0.463 e. The maximum Gasteiger partial charge on any atom is 0.303 e. The number of carbonyl (C=O) groups excluding carboxylic acids is 5. The average molecular weight is 592 g/mol. The second-order valence-corrected chi connectivity index (χ2v) is 9.40. The second kappa shape index (κ2) is 10.7. The molecule has 15 heteroatoms. The molecule has 1 saturated heterocycles. The average Bonchev–Trinajstić information content (AvgIpc) is 3.01. The number of nitrogens with zero attached hydrogens (tertiary/aromatic N) is 1.